The number of nitrogens with one attached hydrogen (secondary N) is 1. The SMILES string of the molecule is CC(C)(C)OC(=O)Nc1nc(C(C(=O)OC(c2ccccc2)c2ccccc2)C(O)CSc2nncs2)cs1. The van der Waals surface area contributed by atoms with Gasteiger partial charge in [0.05, 0.1) is 11.8 Å². The summed E-state index contributed by atoms with van der Waals surface area (Å²) in [5.74, 6) is -1.61. The van der Waals surface area contributed by atoms with E-state index >= 15 is 0 Å². The van der Waals surface area contributed by atoms with Gasteiger partial charge in [0.2, 0.25) is 0 Å². The highest BCUT2D eigenvalue weighted by atomic mass is 32.2. The molecule has 204 valence electrons. The smallest absolute Gasteiger partial charge is 0.413 e. The Labute approximate surface area is 238 Å². The molecule has 1 amide bonds. The Kier molecular flexibility index (Phi) is 9.68. The summed E-state index contributed by atoms with van der Waals surface area (Å²) in [5.41, 5.74) is 2.78. The Balaban J connectivity index is 1.59. The third-order valence-corrected chi connectivity index (χ3v) is 7.98. The van der Waals surface area contributed by atoms with E-state index in [0.29, 0.717) is 4.34 Å². The molecule has 4 aromatic rings. The third kappa shape index (κ3) is 8.33. The molecule has 39 heavy (non-hydrogen) atoms. The lowest BCUT2D eigenvalue weighted by molar-refractivity contribution is -0.152. The van der Waals surface area contributed by atoms with E-state index in [1.54, 1.807) is 31.7 Å². The second-order valence-electron chi connectivity index (χ2n) is 9.40. The summed E-state index contributed by atoms with van der Waals surface area (Å²) >= 11 is 3.75. The number of aromatic nitrogens is 3. The van der Waals surface area contributed by atoms with Crippen molar-refractivity contribution in [3.63, 3.8) is 0 Å². The van der Waals surface area contributed by atoms with E-state index in [9.17, 15) is 14.7 Å². The van der Waals surface area contributed by atoms with Crippen molar-refractivity contribution >= 4 is 51.6 Å². The van der Waals surface area contributed by atoms with Crippen molar-refractivity contribution in [3.8, 4) is 0 Å². The van der Waals surface area contributed by atoms with Gasteiger partial charge in [-0.1, -0.05) is 83.8 Å². The maximum absolute atomic E-state index is 13.8. The van der Waals surface area contributed by atoms with Crippen LogP contribution in [0.25, 0.3) is 0 Å². The fraction of sp³-hybridized carbons (Fsp3) is 0.296. The molecular formula is C27H28N4O5S3. The van der Waals surface area contributed by atoms with Crippen LogP contribution in [0.1, 0.15) is 49.6 Å². The van der Waals surface area contributed by atoms with E-state index in [-0.39, 0.29) is 16.6 Å². The van der Waals surface area contributed by atoms with Gasteiger partial charge in [-0.3, -0.25) is 10.1 Å². The number of anilines is 1. The summed E-state index contributed by atoms with van der Waals surface area (Å²) in [6, 6.07) is 18.8. The van der Waals surface area contributed by atoms with E-state index < -0.39 is 35.8 Å². The maximum atomic E-state index is 13.8. The number of carbonyl (C=O) groups is 2. The average molecular weight is 585 g/mol. The van der Waals surface area contributed by atoms with Gasteiger partial charge in [-0.05, 0) is 31.9 Å². The van der Waals surface area contributed by atoms with Crippen molar-refractivity contribution < 1.29 is 24.2 Å². The molecule has 2 unspecified atom stereocenters. The number of ether oxygens (including phenoxy) is 2. The summed E-state index contributed by atoms with van der Waals surface area (Å²) in [7, 11) is 0. The van der Waals surface area contributed by atoms with Gasteiger partial charge in [-0.25, -0.2) is 9.78 Å². The minimum Gasteiger partial charge on any atom is -0.452 e. The van der Waals surface area contributed by atoms with E-state index in [1.807, 2.05) is 60.7 Å². The number of hydrogen-bond donors (Lipinski definition) is 2. The zero-order valence-corrected chi connectivity index (χ0v) is 24.0. The van der Waals surface area contributed by atoms with Crippen molar-refractivity contribution in [1.29, 1.82) is 0 Å². The Morgan fingerprint density at radius 2 is 1.67 bits per heavy atom. The predicted octanol–water partition coefficient (Wildman–Crippen LogP) is 5.91. The van der Waals surface area contributed by atoms with Crippen LogP contribution in [0.3, 0.4) is 0 Å². The maximum Gasteiger partial charge on any atom is 0.413 e. The Bertz CT molecular complexity index is 1310. The quantitative estimate of drug-likeness (QED) is 0.173. The summed E-state index contributed by atoms with van der Waals surface area (Å²) < 4.78 is 12.0. The van der Waals surface area contributed by atoms with E-state index in [1.165, 1.54) is 23.1 Å². The first-order valence-corrected chi connectivity index (χ1v) is 14.8. The molecule has 0 saturated heterocycles. The molecule has 0 radical (unpaired) electrons. The minimum absolute atomic E-state index is 0.155. The van der Waals surface area contributed by atoms with Crippen LogP contribution in [-0.4, -0.2) is 49.8 Å². The van der Waals surface area contributed by atoms with Crippen molar-refractivity contribution in [3.05, 3.63) is 88.4 Å². The zero-order chi connectivity index (χ0) is 27.8. The number of rotatable bonds is 10. The van der Waals surface area contributed by atoms with Crippen molar-refractivity contribution in [2.75, 3.05) is 11.1 Å². The van der Waals surface area contributed by atoms with Crippen LogP contribution in [0.5, 0.6) is 0 Å². The number of nitrogens with zero attached hydrogens (tertiary/aromatic N) is 3. The van der Waals surface area contributed by atoms with Crippen LogP contribution in [0.4, 0.5) is 9.93 Å². The molecule has 2 aromatic carbocycles. The first-order chi connectivity index (χ1) is 18.7. The fourth-order valence-corrected chi connectivity index (χ4v) is 5.83. The van der Waals surface area contributed by atoms with Gasteiger partial charge in [-0.15, -0.1) is 21.5 Å². The molecule has 0 fully saturated rings. The first-order valence-electron chi connectivity index (χ1n) is 12.0. The van der Waals surface area contributed by atoms with Crippen molar-refractivity contribution in [2.45, 2.75) is 48.8 Å². The Morgan fingerprint density at radius 3 is 2.23 bits per heavy atom. The molecular weight excluding hydrogens is 557 g/mol. The number of aliphatic hydroxyl groups is 1. The largest absolute Gasteiger partial charge is 0.452 e. The van der Waals surface area contributed by atoms with E-state index in [2.05, 4.69) is 20.5 Å². The summed E-state index contributed by atoms with van der Waals surface area (Å²) in [6.45, 7) is 5.27. The molecule has 2 N–H and O–H groups in total. The number of thiazole rings is 1. The highest BCUT2D eigenvalue weighted by molar-refractivity contribution is 8.01. The van der Waals surface area contributed by atoms with Gasteiger partial charge in [-0.2, -0.15) is 0 Å². The molecule has 12 heteroatoms. The lowest BCUT2D eigenvalue weighted by atomic mass is 9.98. The summed E-state index contributed by atoms with van der Waals surface area (Å²) in [6.07, 6.45) is -2.51. The topological polar surface area (TPSA) is 124 Å². The van der Waals surface area contributed by atoms with Crippen LogP contribution in [-0.2, 0) is 14.3 Å². The van der Waals surface area contributed by atoms with Gasteiger partial charge in [0.25, 0.3) is 0 Å². The molecule has 2 aromatic heterocycles. The third-order valence-electron chi connectivity index (χ3n) is 5.24. The molecule has 0 spiro atoms. The van der Waals surface area contributed by atoms with Crippen LogP contribution < -0.4 is 5.32 Å². The molecule has 0 aliphatic heterocycles. The lowest BCUT2D eigenvalue weighted by Gasteiger charge is -2.24. The number of esters is 1. The lowest BCUT2D eigenvalue weighted by Crippen LogP contribution is -2.31. The van der Waals surface area contributed by atoms with Gasteiger partial charge < -0.3 is 14.6 Å². The highest BCUT2D eigenvalue weighted by Crippen LogP contribution is 2.33. The van der Waals surface area contributed by atoms with Gasteiger partial charge in [0.1, 0.15) is 17.0 Å². The fourth-order valence-electron chi connectivity index (χ4n) is 3.60. The van der Waals surface area contributed by atoms with Crippen LogP contribution in [0, 0.1) is 0 Å². The van der Waals surface area contributed by atoms with Gasteiger partial charge in [0.15, 0.2) is 15.6 Å². The molecule has 9 nitrogen and oxygen atoms in total. The minimum atomic E-state index is -1.16. The average Bonchev–Trinajstić information content (AvgIpc) is 3.58. The van der Waals surface area contributed by atoms with Gasteiger partial charge in [0, 0.05) is 11.1 Å². The normalized spacial score (nSPS) is 13.1. The van der Waals surface area contributed by atoms with E-state index in [0.717, 1.165) is 22.5 Å². The number of aliphatic hydroxyl groups excluding tert-OH is 1. The molecule has 2 atom stereocenters. The molecule has 2 heterocycles. The van der Waals surface area contributed by atoms with Crippen LogP contribution in [0.2, 0.25) is 0 Å². The molecule has 4 rings (SSSR count). The number of benzene rings is 2. The van der Waals surface area contributed by atoms with Gasteiger partial charge >= 0.3 is 12.1 Å². The van der Waals surface area contributed by atoms with E-state index in [4.69, 9.17) is 9.47 Å². The molecule has 0 aliphatic carbocycles. The molecule has 0 aliphatic rings. The van der Waals surface area contributed by atoms with Crippen molar-refractivity contribution in [1.82, 2.24) is 15.2 Å². The standard InChI is InChI=1S/C27H28N4O5S3/c1-27(2,3)36-25(34)30-24-29-19(14-37-24)21(20(32)15-38-26-31-28-16-39-26)23(33)35-22(17-10-6-4-7-11-17)18-12-8-5-9-13-18/h4-14,16,20-22,32H,15H2,1-3H3,(H,29,30,34). The first kappa shape index (κ1) is 28.7. The second kappa shape index (κ2) is 13.2. The second-order valence-corrected chi connectivity index (χ2v) is 12.4. The zero-order valence-electron chi connectivity index (χ0n) is 21.5. The number of carbonyl (C=O) groups excluding carboxylic acids is 2. The van der Waals surface area contributed by atoms with Crippen molar-refractivity contribution in [2.24, 2.45) is 0 Å². The summed E-state index contributed by atoms with van der Waals surface area (Å²) in [4.78, 5) is 30.4. The Hall–Kier alpha value is -3.32. The molecule has 0 saturated carbocycles. The number of hydrogen-bond acceptors (Lipinski definition) is 11. The Morgan fingerprint density at radius 1 is 1.03 bits per heavy atom. The highest BCUT2D eigenvalue weighted by Gasteiger charge is 2.35. The number of thioether (sulfide) groups is 1. The molecule has 0 bridgehead atoms. The van der Waals surface area contributed by atoms with Crippen LogP contribution in [0.15, 0.2) is 75.9 Å². The number of amides is 1. The predicted molar refractivity (Wildman–Crippen MR) is 152 cm³/mol. The monoisotopic (exact) mass is 584 g/mol. The van der Waals surface area contributed by atoms with Crippen LogP contribution >= 0.6 is 34.4 Å². The summed E-state index contributed by atoms with van der Waals surface area (Å²) in [5, 5.41) is 23.5.